The Morgan fingerprint density at radius 2 is 1.58 bits per heavy atom. The van der Waals surface area contributed by atoms with Crippen molar-refractivity contribution in [3.05, 3.63) is 58.6 Å². The van der Waals surface area contributed by atoms with Crippen molar-refractivity contribution >= 4 is 27.3 Å². The molecule has 0 saturated carbocycles. The number of amides is 1. The second kappa shape index (κ2) is 7.09. The molecule has 0 aliphatic rings. The Hall–Kier alpha value is -2.94. The number of nitro groups is 1. The number of benzene rings is 2. The molecule has 8 nitrogen and oxygen atoms in total. The number of carbonyl (C=O) groups is 1. The molecule has 0 aliphatic heterocycles. The Morgan fingerprint density at radius 3 is 2.04 bits per heavy atom. The first-order valence-corrected chi connectivity index (χ1v) is 8.36. The summed E-state index contributed by atoms with van der Waals surface area (Å²) in [5, 5.41) is 13.1. The molecule has 0 radical (unpaired) electrons. The van der Waals surface area contributed by atoms with Crippen molar-refractivity contribution in [1.82, 2.24) is 0 Å². The van der Waals surface area contributed by atoms with E-state index >= 15 is 0 Å². The van der Waals surface area contributed by atoms with E-state index in [0.29, 0.717) is 5.69 Å². The fourth-order valence-corrected chi connectivity index (χ4v) is 3.15. The highest BCUT2D eigenvalue weighted by Gasteiger charge is 2.19. The van der Waals surface area contributed by atoms with Gasteiger partial charge in [0.2, 0.25) is 9.84 Å². The zero-order valence-electron chi connectivity index (χ0n) is 12.6. The summed E-state index contributed by atoms with van der Waals surface area (Å²) in [5.74, 6) is 0. The third-order valence-corrected chi connectivity index (χ3v) is 4.83. The largest absolute Gasteiger partial charge is 0.450 e. The lowest BCUT2D eigenvalue weighted by molar-refractivity contribution is -0.384. The van der Waals surface area contributed by atoms with Crippen LogP contribution in [0, 0.1) is 10.1 Å². The maximum absolute atomic E-state index is 12.5. The van der Waals surface area contributed by atoms with E-state index in [0.717, 1.165) is 12.1 Å². The average molecular weight is 350 g/mol. The van der Waals surface area contributed by atoms with Crippen molar-refractivity contribution in [2.24, 2.45) is 0 Å². The predicted octanol–water partition coefficient (Wildman–Crippen LogP) is 3.00. The van der Waals surface area contributed by atoms with Crippen LogP contribution in [-0.2, 0) is 14.6 Å². The number of sulfone groups is 1. The van der Waals surface area contributed by atoms with E-state index in [4.69, 9.17) is 4.74 Å². The van der Waals surface area contributed by atoms with Crippen LogP contribution in [0.1, 0.15) is 6.92 Å². The number of nitro benzene ring substituents is 1. The van der Waals surface area contributed by atoms with Gasteiger partial charge in [-0.15, -0.1) is 0 Å². The van der Waals surface area contributed by atoms with Crippen LogP contribution < -0.4 is 5.32 Å². The van der Waals surface area contributed by atoms with Crippen LogP contribution in [0.25, 0.3) is 0 Å². The van der Waals surface area contributed by atoms with Crippen LogP contribution in [0.2, 0.25) is 0 Å². The van der Waals surface area contributed by atoms with Gasteiger partial charge in [-0.05, 0) is 43.3 Å². The molecule has 9 heteroatoms. The molecule has 1 amide bonds. The molecule has 0 unspecified atom stereocenters. The first kappa shape index (κ1) is 17.4. The zero-order valence-corrected chi connectivity index (χ0v) is 13.4. The Labute approximate surface area is 138 Å². The first-order valence-electron chi connectivity index (χ1n) is 6.88. The molecule has 0 saturated heterocycles. The monoisotopic (exact) mass is 350 g/mol. The Bertz CT molecular complexity index is 845. The van der Waals surface area contributed by atoms with Crippen LogP contribution in [0.5, 0.6) is 0 Å². The van der Waals surface area contributed by atoms with Crippen LogP contribution >= 0.6 is 0 Å². The van der Waals surface area contributed by atoms with Crippen molar-refractivity contribution in [2.45, 2.75) is 16.7 Å². The number of non-ortho nitro benzene ring substituents is 1. The lowest BCUT2D eigenvalue weighted by Gasteiger charge is -2.07. The molecule has 126 valence electrons. The predicted molar refractivity (Wildman–Crippen MR) is 85.6 cm³/mol. The van der Waals surface area contributed by atoms with Gasteiger partial charge < -0.3 is 4.74 Å². The average Bonchev–Trinajstić information content (AvgIpc) is 2.55. The minimum Gasteiger partial charge on any atom is -0.450 e. The third-order valence-electron chi connectivity index (χ3n) is 3.04. The van der Waals surface area contributed by atoms with Crippen LogP contribution in [0.4, 0.5) is 16.2 Å². The number of rotatable bonds is 5. The quantitative estimate of drug-likeness (QED) is 0.654. The first-order chi connectivity index (χ1) is 11.3. The number of nitrogens with zero attached hydrogens (tertiary/aromatic N) is 1. The summed E-state index contributed by atoms with van der Waals surface area (Å²) in [6.45, 7) is 1.89. The maximum atomic E-state index is 12.5. The normalized spacial score (nSPS) is 10.9. The molecule has 2 aromatic rings. The van der Waals surface area contributed by atoms with Crippen molar-refractivity contribution in [1.29, 1.82) is 0 Å². The van der Waals surface area contributed by atoms with Gasteiger partial charge in [0.15, 0.2) is 0 Å². The Morgan fingerprint density at radius 1 is 1.08 bits per heavy atom. The number of ether oxygens (including phenoxy) is 1. The smallest absolute Gasteiger partial charge is 0.411 e. The van der Waals surface area contributed by atoms with Gasteiger partial charge in [-0.1, -0.05) is 0 Å². The van der Waals surface area contributed by atoms with E-state index in [-0.39, 0.29) is 22.1 Å². The highest BCUT2D eigenvalue weighted by atomic mass is 32.2. The lowest BCUT2D eigenvalue weighted by atomic mass is 10.3. The SMILES string of the molecule is CCOC(=O)Nc1ccc(S(=O)(=O)c2ccc([N+](=O)[O-])cc2)cc1. The van der Waals surface area contributed by atoms with Gasteiger partial charge in [0.1, 0.15) is 0 Å². The standard InChI is InChI=1S/C15H14N2O6S/c1-2-23-15(18)16-11-3-7-13(8-4-11)24(21,22)14-9-5-12(6-10-14)17(19)20/h3-10H,2H2,1H3,(H,16,18). The van der Waals surface area contributed by atoms with E-state index in [1.54, 1.807) is 6.92 Å². The second-order valence-corrected chi connectivity index (χ2v) is 6.57. The molecule has 0 spiro atoms. The molecule has 0 bridgehead atoms. The van der Waals surface area contributed by atoms with Gasteiger partial charge in [0, 0.05) is 17.8 Å². The van der Waals surface area contributed by atoms with Crippen LogP contribution in [0.3, 0.4) is 0 Å². The van der Waals surface area contributed by atoms with Gasteiger partial charge >= 0.3 is 6.09 Å². The summed E-state index contributed by atoms with van der Waals surface area (Å²) in [4.78, 5) is 21.3. The number of anilines is 1. The molecular formula is C15H14N2O6S. The topological polar surface area (TPSA) is 116 Å². The van der Waals surface area contributed by atoms with E-state index in [2.05, 4.69) is 5.32 Å². The van der Waals surface area contributed by atoms with Gasteiger partial charge in [0.05, 0.1) is 21.3 Å². The zero-order chi connectivity index (χ0) is 17.7. The van der Waals surface area contributed by atoms with Crippen molar-refractivity contribution in [2.75, 3.05) is 11.9 Å². The van der Waals surface area contributed by atoms with Gasteiger partial charge in [0.25, 0.3) is 5.69 Å². The lowest BCUT2D eigenvalue weighted by Crippen LogP contribution is -2.13. The Kier molecular flexibility index (Phi) is 5.14. The fraction of sp³-hybridized carbons (Fsp3) is 0.133. The molecule has 0 atom stereocenters. The van der Waals surface area contributed by atoms with E-state index in [1.165, 1.54) is 36.4 Å². The summed E-state index contributed by atoms with van der Waals surface area (Å²) in [7, 11) is -3.80. The summed E-state index contributed by atoms with van der Waals surface area (Å²) < 4.78 is 29.7. The van der Waals surface area contributed by atoms with Crippen molar-refractivity contribution in [3.8, 4) is 0 Å². The van der Waals surface area contributed by atoms with Crippen molar-refractivity contribution < 1.29 is 22.9 Å². The summed E-state index contributed by atoms with van der Waals surface area (Å²) >= 11 is 0. The summed E-state index contributed by atoms with van der Waals surface area (Å²) in [6, 6.07) is 10.1. The highest BCUT2D eigenvalue weighted by molar-refractivity contribution is 7.91. The number of carbonyl (C=O) groups excluding carboxylic acids is 1. The van der Waals surface area contributed by atoms with Crippen molar-refractivity contribution in [3.63, 3.8) is 0 Å². The van der Waals surface area contributed by atoms with Gasteiger partial charge in [-0.3, -0.25) is 15.4 Å². The fourth-order valence-electron chi connectivity index (χ4n) is 1.89. The third kappa shape index (κ3) is 3.87. The van der Waals surface area contributed by atoms with Gasteiger partial charge in [-0.25, -0.2) is 13.2 Å². The molecule has 24 heavy (non-hydrogen) atoms. The molecule has 1 N–H and O–H groups in total. The molecule has 2 aromatic carbocycles. The summed E-state index contributed by atoms with van der Waals surface area (Å²) in [5.41, 5.74) is 0.194. The summed E-state index contributed by atoms with van der Waals surface area (Å²) in [6.07, 6.45) is -0.636. The minimum absolute atomic E-state index is 0.00534. The van der Waals surface area contributed by atoms with E-state index < -0.39 is 20.9 Å². The van der Waals surface area contributed by atoms with Crippen LogP contribution in [-0.4, -0.2) is 26.0 Å². The van der Waals surface area contributed by atoms with Gasteiger partial charge in [-0.2, -0.15) is 0 Å². The van der Waals surface area contributed by atoms with Crippen LogP contribution in [0.15, 0.2) is 58.3 Å². The van der Waals surface area contributed by atoms with E-state index in [9.17, 15) is 23.3 Å². The highest BCUT2D eigenvalue weighted by Crippen LogP contribution is 2.24. The number of nitrogens with one attached hydrogen (secondary N) is 1. The molecule has 0 aromatic heterocycles. The second-order valence-electron chi connectivity index (χ2n) is 4.62. The molecule has 0 fully saturated rings. The maximum Gasteiger partial charge on any atom is 0.411 e. The number of hydrogen-bond donors (Lipinski definition) is 1. The molecular weight excluding hydrogens is 336 g/mol. The molecule has 2 rings (SSSR count). The molecule has 0 heterocycles. The minimum atomic E-state index is -3.80. The Balaban J connectivity index is 2.23. The molecule has 0 aliphatic carbocycles. The number of hydrogen-bond acceptors (Lipinski definition) is 6. The van der Waals surface area contributed by atoms with E-state index in [1.807, 2.05) is 0 Å².